The molecule has 2 fully saturated rings. The van der Waals surface area contributed by atoms with Gasteiger partial charge in [-0.1, -0.05) is 47.6 Å². The largest absolute Gasteiger partial charge is 0.360 e. The van der Waals surface area contributed by atoms with Crippen LogP contribution in [0.15, 0.2) is 47.0 Å². The first-order valence-electron chi connectivity index (χ1n) is 10.1. The lowest BCUT2D eigenvalue weighted by atomic mass is 10.2. The number of aryl methyl sites for hydroxylation is 1. The molecule has 1 aliphatic heterocycles. The van der Waals surface area contributed by atoms with Crippen molar-refractivity contribution in [3.63, 3.8) is 0 Å². The molecule has 29 heavy (non-hydrogen) atoms. The number of hydrogen-bond acceptors (Lipinski definition) is 5. The standard InChI is InChI=1S/C22H26N4O3/c1-16-14-20(24-29-16)23-21(27)18-15-19(18)22(28)26-12-10-25(11-13-26)9-5-8-17-6-3-2-4-7-17/h2-8,14,18-19H,9-13,15H2,1H3,(H,23,24,27)/b8-5+. The van der Waals surface area contributed by atoms with Crippen LogP contribution in [0.5, 0.6) is 0 Å². The van der Waals surface area contributed by atoms with Crippen LogP contribution in [0.25, 0.3) is 6.08 Å². The molecular formula is C22H26N4O3. The quantitative estimate of drug-likeness (QED) is 0.814. The Labute approximate surface area is 170 Å². The Balaban J connectivity index is 1.19. The summed E-state index contributed by atoms with van der Waals surface area (Å²) in [6, 6.07) is 11.9. The Morgan fingerprint density at radius 3 is 2.62 bits per heavy atom. The first kappa shape index (κ1) is 19.4. The summed E-state index contributed by atoms with van der Waals surface area (Å²) in [7, 11) is 0. The van der Waals surface area contributed by atoms with Crippen LogP contribution in [0.3, 0.4) is 0 Å². The van der Waals surface area contributed by atoms with Gasteiger partial charge in [0.15, 0.2) is 5.82 Å². The van der Waals surface area contributed by atoms with E-state index in [0.29, 0.717) is 31.1 Å². The first-order valence-corrected chi connectivity index (χ1v) is 10.1. The SMILES string of the molecule is Cc1cc(NC(=O)C2CC2C(=O)N2CCN(C/C=C/c3ccccc3)CC2)no1. The summed E-state index contributed by atoms with van der Waals surface area (Å²) >= 11 is 0. The van der Waals surface area contributed by atoms with Crippen LogP contribution in [0.1, 0.15) is 17.7 Å². The lowest BCUT2D eigenvalue weighted by Gasteiger charge is -2.34. The van der Waals surface area contributed by atoms with Crippen molar-refractivity contribution >= 4 is 23.7 Å². The Morgan fingerprint density at radius 2 is 1.93 bits per heavy atom. The van der Waals surface area contributed by atoms with E-state index in [9.17, 15) is 9.59 Å². The Bertz CT molecular complexity index is 884. The van der Waals surface area contributed by atoms with Crippen LogP contribution >= 0.6 is 0 Å². The third-order valence-electron chi connectivity index (χ3n) is 5.48. The fourth-order valence-corrected chi connectivity index (χ4v) is 3.69. The van der Waals surface area contributed by atoms with E-state index in [-0.39, 0.29) is 23.7 Å². The zero-order valence-electron chi connectivity index (χ0n) is 16.6. The third-order valence-corrected chi connectivity index (χ3v) is 5.48. The number of carbonyl (C=O) groups excluding carboxylic acids is 2. The molecule has 2 aliphatic rings. The van der Waals surface area contributed by atoms with E-state index in [1.807, 2.05) is 23.1 Å². The zero-order valence-corrected chi connectivity index (χ0v) is 16.6. The highest BCUT2D eigenvalue weighted by molar-refractivity contribution is 5.99. The molecule has 152 valence electrons. The summed E-state index contributed by atoms with van der Waals surface area (Å²) in [6.07, 6.45) is 4.91. The van der Waals surface area contributed by atoms with Gasteiger partial charge in [-0.15, -0.1) is 0 Å². The lowest BCUT2D eigenvalue weighted by molar-refractivity contribution is -0.135. The minimum absolute atomic E-state index is 0.0981. The van der Waals surface area contributed by atoms with Crippen molar-refractivity contribution in [1.82, 2.24) is 15.0 Å². The monoisotopic (exact) mass is 394 g/mol. The highest BCUT2D eigenvalue weighted by atomic mass is 16.5. The second kappa shape index (κ2) is 8.61. The fourth-order valence-electron chi connectivity index (χ4n) is 3.69. The second-order valence-corrected chi connectivity index (χ2v) is 7.70. The van der Waals surface area contributed by atoms with Gasteiger partial charge < -0.3 is 14.7 Å². The highest BCUT2D eigenvalue weighted by Gasteiger charge is 2.49. The van der Waals surface area contributed by atoms with E-state index < -0.39 is 0 Å². The number of carbonyl (C=O) groups is 2. The lowest BCUT2D eigenvalue weighted by Crippen LogP contribution is -2.49. The number of rotatable bonds is 6. The Hall–Kier alpha value is -2.93. The molecule has 2 atom stereocenters. The van der Waals surface area contributed by atoms with E-state index in [1.165, 1.54) is 5.56 Å². The minimum Gasteiger partial charge on any atom is -0.360 e. The first-order chi connectivity index (χ1) is 14.1. The molecule has 1 N–H and O–H groups in total. The molecule has 7 heteroatoms. The van der Waals surface area contributed by atoms with Gasteiger partial charge in [0.05, 0.1) is 11.8 Å². The summed E-state index contributed by atoms with van der Waals surface area (Å²) in [5.74, 6) is 0.532. The summed E-state index contributed by atoms with van der Waals surface area (Å²) < 4.78 is 4.95. The van der Waals surface area contributed by atoms with Gasteiger partial charge in [-0.25, -0.2) is 0 Å². The number of nitrogens with one attached hydrogen (secondary N) is 1. The van der Waals surface area contributed by atoms with Crippen molar-refractivity contribution in [3.8, 4) is 0 Å². The van der Waals surface area contributed by atoms with Gasteiger partial charge in [-0.3, -0.25) is 14.5 Å². The Kier molecular flexibility index (Phi) is 5.76. The molecule has 4 rings (SSSR count). The maximum absolute atomic E-state index is 12.7. The number of piperazine rings is 1. The number of nitrogens with zero attached hydrogens (tertiary/aromatic N) is 3. The molecule has 1 aliphatic carbocycles. The molecule has 0 radical (unpaired) electrons. The van der Waals surface area contributed by atoms with Crippen LogP contribution in [-0.4, -0.2) is 59.5 Å². The summed E-state index contributed by atoms with van der Waals surface area (Å²) in [4.78, 5) is 29.2. The molecule has 1 saturated heterocycles. The highest BCUT2D eigenvalue weighted by Crippen LogP contribution is 2.41. The van der Waals surface area contributed by atoms with Gasteiger partial charge in [-0.05, 0) is 18.9 Å². The van der Waals surface area contributed by atoms with Crippen LogP contribution in [-0.2, 0) is 9.59 Å². The van der Waals surface area contributed by atoms with Gasteiger partial charge in [-0.2, -0.15) is 0 Å². The van der Waals surface area contributed by atoms with E-state index >= 15 is 0 Å². The average molecular weight is 394 g/mol. The molecule has 2 heterocycles. The molecule has 1 aromatic heterocycles. The molecule has 1 aromatic carbocycles. The van der Waals surface area contributed by atoms with Crippen molar-refractivity contribution in [3.05, 3.63) is 53.8 Å². The zero-order chi connectivity index (χ0) is 20.2. The number of amides is 2. The smallest absolute Gasteiger partial charge is 0.229 e. The molecule has 7 nitrogen and oxygen atoms in total. The third kappa shape index (κ3) is 4.92. The predicted octanol–water partition coefficient (Wildman–Crippen LogP) is 2.42. The van der Waals surface area contributed by atoms with E-state index in [4.69, 9.17) is 4.52 Å². The number of hydrogen-bond donors (Lipinski definition) is 1. The maximum atomic E-state index is 12.7. The summed E-state index contributed by atoms with van der Waals surface area (Å²) in [5.41, 5.74) is 1.19. The number of benzene rings is 1. The van der Waals surface area contributed by atoms with Crippen molar-refractivity contribution in [2.24, 2.45) is 11.8 Å². The van der Waals surface area contributed by atoms with E-state index in [1.54, 1.807) is 13.0 Å². The normalized spacial score (nSPS) is 22.0. The van der Waals surface area contributed by atoms with Crippen molar-refractivity contribution in [2.45, 2.75) is 13.3 Å². The molecular weight excluding hydrogens is 368 g/mol. The molecule has 2 amide bonds. The van der Waals surface area contributed by atoms with Crippen molar-refractivity contribution < 1.29 is 14.1 Å². The Morgan fingerprint density at radius 1 is 1.17 bits per heavy atom. The van der Waals surface area contributed by atoms with E-state index in [0.717, 1.165) is 19.6 Å². The maximum Gasteiger partial charge on any atom is 0.229 e. The molecule has 1 saturated carbocycles. The average Bonchev–Trinajstić information content (AvgIpc) is 3.44. The van der Waals surface area contributed by atoms with Crippen LogP contribution in [0.2, 0.25) is 0 Å². The van der Waals surface area contributed by atoms with Crippen molar-refractivity contribution in [1.29, 1.82) is 0 Å². The topological polar surface area (TPSA) is 78.7 Å². The van der Waals surface area contributed by atoms with Gasteiger partial charge in [0.1, 0.15) is 5.76 Å². The van der Waals surface area contributed by atoms with Crippen LogP contribution < -0.4 is 5.32 Å². The number of aromatic nitrogens is 1. The fraction of sp³-hybridized carbons (Fsp3) is 0.409. The van der Waals surface area contributed by atoms with Gasteiger partial charge >= 0.3 is 0 Å². The van der Waals surface area contributed by atoms with Crippen LogP contribution in [0, 0.1) is 18.8 Å². The van der Waals surface area contributed by atoms with Gasteiger partial charge in [0.25, 0.3) is 0 Å². The van der Waals surface area contributed by atoms with Gasteiger partial charge in [0.2, 0.25) is 11.8 Å². The molecule has 2 aromatic rings. The molecule has 0 bridgehead atoms. The predicted molar refractivity (Wildman–Crippen MR) is 110 cm³/mol. The molecule has 0 spiro atoms. The molecule has 2 unspecified atom stereocenters. The van der Waals surface area contributed by atoms with E-state index in [2.05, 4.69) is 39.7 Å². The summed E-state index contributed by atoms with van der Waals surface area (Å²) in [6.45, 7) is 5.78. The minimum atomic E-state index is -0.258. The number of anilines is 1. The van der Waals surface area contributed by atoms with Crippen molar-refractivity contribution in [2.75, 3.05) is 38.0 Å². The van der Waals surface area contributed by atoms with Crippen LogP contribution in [0.4, 0.5) is 5.82 Å². The van der Waals surface area contributed by atoms with Gasteiger partial charge in [0, 0.05) is 38.8 Å². The second-order valence-electron chi connectivity index (χ2n) is 7.70. The summed E-state index contributed by atoms with van der Waals surface area (Å²) in [5, 5.41) is 6.49.